The molecule has 4 heterocycles. The third kappa shape index (κ3) is 6.26. The van der Waals surface area contributed by atoms with Crippen LogP contribution in [0.25, 0.3) is 117 Å². The van der Waals surface area contributed by atoms with Gasteiger partial charge in [0, 0.05) is 60.8 Å². The lowest BCUT2D eigenvalue weighted by Crippen LogP contribution is -2.56. The Kier molecular flexibility index (Phi) is 9.87. The summed E-state index contributed by atoms with van der Waals surface area (Å²) >= 11 is 0. The zero-order valence-corrected chi connectivity index (χ0v) is 41.5. The molecule has 18 heteroatoms. The van der Waals surface area contributed by atoms with Gasteiger partial charge < -0.3 is 13.4 Å². The normalized spacial score (nSPS) is 11.9. The first-order valence-electron chi connectivity index (χ1n) is 24.0. The average Bonchev–Trinajstić information content (AvgIpc) is 4.06. The predicted octanol–water partition coefficient (Wildman–Crippen LogP) is -7.46. The quantitative estimate of drug-likeness (QED) is 0.161. The van der Waals surface area contributed by atoms with E-state index >= 15 is 0 Å². The van der Waals surface area contributed by atoms with E-state index in [1.807, 2.05) is 60.7 Å². The van der Waals surface area contributed by atoms with E-state index in [0.717, 1.165) is 66.3 Å². The summed E-state index contributed by atoms with van der Waals surface area (Å²) in [5, 5.41) is 6.84. The van der Waals surface area contributed by atoms with Gasteiger partial charge in [0.25, 0.3) is 0 Å². The van der Waals surface area contributed by atoms with Gasteiger partial charge in [-0.05, 0) is 52.9 Å². The minimum atomic E-state index is 0.544. The third-order valence-electron chi connectivity index (χ3n) is 16.2. The smallest absolute Gasteiger partial charge is 0.167 e. The molecule has 4 aromatic heterocycles. The highest BCUT2D eigenvalue weighted by molar-refractivity contribution is 6.72. The lowest BCUT2D eigenvalue weighted by molar-refractivity contribution is 0.668. The van der Waals surface area contributed by atoms with Crippen LogP contribution in [-0.4, -0.2) is 114 Å². The van der Waals surface area contributed by atoms with Gasteiger partial charge in [0.15, 0.2) is 17.5 Å². The van der Waals surface area contributed by atoms with Crippen LogP contribution in [-0.2, 0) is 0 Å². The number of hydrogen-bond donors (Lipinski definition) is 0. The average molecular weight is 873 g/mol. The molecule has 0 unspecified atom stereocenters. The standard InChI is InChI=1S/C51H42B12N4O2/c52-34-30(31-35(53)39(57)42(60)40(58)36(31)54)37(55)44(62)46-32(34)33-38(56)41(59)43(61)45(63)47(33)67(46)21-14-16-24-23-15-13-20(17-28(23)68-29(24)18-21)50-64-49(19-7-2-1-3-8-19)65-51(66-50)26-11-6-10-25-22-9-4-5-12-27(22)69-48(25)26/h1-18H,52-63H2. The lowest BCUT2D eigenvalue weighted by atomic mass is 9.57. The van der Waals surface area contributed by atoms with Crippen molar-refractivity contribution in [2.75, 3.05) is 0 Å². The van der Waals surface area contributed by atoms with Crippen LogP contribution in [0.4, 0.5) is 0 Å². The van der Waals surface area contributed by atoms with Crippen molar-refractivity contribution in [2.24, 2.45) is 0 Å². The van der Waals surface area contributed by atoms with E-state index in [-0.39, 0.29) is 0 Å². The fourth-order valence-electron chi connectivity index (χ4n) is 11.5. The monoisotopic (exact) mass is 874 g/mol. The van der Waals surface area contributed by atoms with E-state index in [1.54, 1.807) is 0 Å². The molecule has 8 aromatic carbocycles. The van der Waals surface area contributed by atoms with E-state index in [1.165, 1.54) is 98.5 Å². The Morgan fingerprint density at radius 3 is 1.58 bits per heavy atom. The molecule has 0 saturated heterocycles. The number of rotatable bonds is 5. The first-order valence-corrected chi connectivity index (χ1v) is 24.0. The van der Waals surface area contributed by atoms with Crippen molar-refractivity contribution in [1.29, 1.82) is 0 Å². The molecule has 0 amide bonds. The number of nitrogens with zero attached hydrogens (tertiary/aromatic N) is 4. The molecule has 0 aliphatic heterocycles. The molecule has 314 valence electrons. The predicted molar refractivity (Wildman–Crippen MR) is 329 cm³/mol. The summed E-state index contributed by atoms with van der Waals surface area (Å²) in [7, 11) is 27.7. The third-order valence-corrected chi connectivity index (χ3v) is 16.2. The molecule has 0 aliphatic rings. The van der Waals surface area contributed by atoms with E-state index in [2.05, 4.69) is 147 Å². The molecule has 0 saturated carbocycles. The Morgan fingerprint density at radius 2 is 0.855 bits per heavy atom. The minimum absolute atomic E-state index is 0.544. The van der Waals surface area contributed by atoms with Gasteiger partial charge in [-0.3, -0.25) is 0 Å². The number of hydrogen-bond acceptors (Lipinski definition) is 5. The first kappa shape index (κ1) is 43.2. The largest absolute Gasteiger partial charge is 0.456 e. The summed E-state index contributed by atoms with van der Waals surface area (Å²) in [5.41, 5.74) is 28.2. The molecule has 12 rings (SSSR count). The second-order valence-electron chi connectivity index (χ2n) is 19.5. The van der Waals surface area contributed by atoms with Crippen LogP contribution in [0.3, 0.4) is 0 Å². The minimum Gasteiger partial charge on any atom is -0.456 e. The van der Waals surface area contributed by atoms with Gasteiger partial charge in [-0.1, -0.05) is 110 Å². The van der Waals surface area contributed by atoms with Crippen molar-refractivity contribution in [3.63, 3.8) is 0 Å². The van der Waals surface area contributed by atoms with Gasteiger partial charge in [-0.25, -0.2) is 15.0 Å². The molecular weight excluding hydrogens is 830 g/mol. The Morgan fingerprint density at radius 1 is 0.348 bits per heavy atom. The second-order valence-corrected chi connectivity index (χ2v) is 19.5. The summed E-state index contributed by atoms with van der Waals surface area (Å²) in [6.07, 6.45) is 0. The van der Waals surface area contributed by atoms with Gasteiger partial charge in [0.2, 0.25) is 0 Å². The van der Waals surface area contributed by atoms with Crippen molar-refractivity contribution in [3.05, 3.63) is 109 Å². The number of para-hydroxylation sites is 2. The molecule has 0 spiro atoms. The number of aromatic nitrogens is 4. The fourth-order valence-corrected chi connectivity index (χ4v) is 11.5. The van der Waals surface area contributed by atoms with Crippen LogP contribution < -0.4 is 65.6 Å². The second kappa shape index (κ2) is 15.7. The van der Waals surface area contributed by atoms with E-state index in [4.69, 9.17) is 23.8 Å². The van der Waals surface area contributed by atoms with E-state index in [9.17, 15) is 0 Å². The van der Waals surface area contributed by atoms with Crippen LogP contribution in [0.1, 0.15) is 0 Å². The molecule has 12 aromatic rings. The van der Waals surface area contributed by atoms with E-state index in [0.29, 0.717) is 17.5 Å². The summed E-state index contributed by atoms with van der Waals surface area (Å²) in [4.78, 5) is 15.3. The number of benzene rings is 8. The molecule has 6 nitrogen and oxygen atoms in total. The molecule has 0 atom stereocenters. The Hall–Kier alpha value is -7.05. The van der Waals surface area contributed by atoms with Crippen molar-refractivity contribution in [2.45, 2.75) is 0 Å². The summed E-state index contributed by atoms with van der Waals surface area (Å²) in [6, 6.07) is 37.4. The topological polar surface area (TPSA) is 69.9 Å². The molecule has 0 aliphatic carbocycles. The summed E-state index contributed by atoms with van der Waals surface area (Å²) in [5.74, 6) is 1.68. The van der Waals surface area contributed by atoms with Crippen LogP contribution in [0.15, 0.2) is 118 Å². The zero-order valence-electron chi connectivity index (χ0n) is 41.5. The van der Waals surface area contributed by atoms with Gasteiger partial charge >= 0.3 is 0 Å². The fraction of sp³-hybridized carbons (Fsp3) is 0. The van der Waals surface area contributed by atoms with E-state index < -0.39 is 0 Å². The highest BCUT2D eigenvalue weighted by Gasteiger charge is 2.27. The highest BCUT2D eigenvalue weighted by Crippen LogP contribution is 2.38. The highest BCUT2D eigenvalue weighted by atomic mass is 16.3. The summed E-state index contributed by atoms with van der Waals surface area (Å²) in [6.45, 7) is 0. The molecule has 0 bridgehead atoms. The van der Waals surface area contributed by atoms with Crippen LogP contribution in [0.5, 0.6) is 0 Å². The Labute approximate surface area is 411 Å². The van der Waals surface area contributed by atoms with Crippen molar-refractivity contribution in [1.82, 2.24) is 19.5 Å². The zero-order chi connectivity index (χ0) is 47.9. The maximum Gasteiger partial charge on any atom is 0.167 e. The SMILES string of the molecule is Bc1c(B)c(B)c(-c2c(B)c(B)c3c(c2B)c2c(B)c(B)c(B)c(B)c2n3-c2ccc3c(c2)oc2cc(-c4nc(-c5ccccc5)nc(-c5cccc6c5oc5ccccc56)n4)ccc23)c(B)c1B. The number of fused-ring (bicyclic) bond motifs is 9. The van der Waals surface area contributed by atoms with Gasteiger partial charge in [-0.15, -0.1) is 21.9 Å². The van der Waals surface area contributed by atoms with Crippen molar-refractivity contribution >= 4 is 225 Å². The molecule has 0 fully saturated rings. The van der Waals surface area contributed by atoms with Crippen molar-refractivity contribution in [3.8, 4) is 51.0 Å². The summed E-state index contributed by atoms with van der Waals surface area (Å²) < 4.78 is 15.9. The molecule has 69 heavy (non-hydrogen) atoms. The van der Waals surface area contributed by atoms with Gasteiger partial charge in [-0.2, -0.15) is 0 Å². The van der Waals surface area contributed by atoms with Gasteiger partial charge in [0.1, 0.15) is 116 Å². The van der Waals surface area contributed by atoms with Crippen LogP contribution in [0.2, 0.25) is 0 Å². The van der Waals surface area contributed by atoms with Crippen LogP contribution >= 0.6 is 0 Å². The number of furan rings is 2. The lowest BCUT2D eigenvalue weighted by Gasteiger charge is -2.25. The molecule has 0 N–H and O–H groups in total. The Bertz CT molecular complexity index is 4210. The molecule has 0 radical (unpaired) electrons. The molecular formula is C51H42B12N4O2. The van der Waals surface area contributed by atoms with Gasteiger partial charge in [0.05, 0.1) is 5.56 Å². The van der Waals surface area contributed by atoms with Crippen molar-refractivity contribution < 1.29 is 8.83 Å². The Balaban J connectivity index is 1.06. The van der Waals surface area contributed by atoms with Crippen LogP contribution in [0, 0.1) is 0 Å². The maximum atomic E-state index is 6.91. The first-order chi connectivity index (χ1) is 33.2. The maximum absolute atomic E-state index is 6.91.